The second kappa shape index (κ2) is 6.30. The number of hydrogen-bond acceptors (Lipinski definition) is 4. The van der Waals surface area contributed by atoms with Gasteiger partial charge in [-0.2, -0.15) is 0 Å². The number of aliphatic imine (C=N–C) groups is 1. The molecule has 0 radical (unpaired) electrons. The Morgan fingerprint density at radius 2 is 2.00 bits per heavy atom. The van der Waals surface area contributed by atoms with Crippen LogP contribution >= 0.6 is 11.8 Å². The van der Waals surface area contributed by atoms with Crippen molar-refractivity contribution in [1.82, 2.24) is 5.32 Å². The predicted octanol–water partition coefficient (Wildman–Crippen LogP) is 3.33. The Morgan fingerprint density at radius 1 is 1.38 bits per heavy atom. The van der Waals surface area contributed by atoms with Gasteiger partial charge < -0.3 is 10.4 Å². The fourth-order valence-electron chi connectivity index (χ4n) is 2.09. The van der Waals surface area contributed by atoms with Gasteiger partial charge in [-0.15, -0.1) is 0 Å². The van der Waals surface area contributed by atoms with E-state index in [1.165, 1.54) is 23.9 Å². The van der Waals surface area contributed by atoms with Crippen molar-refractivity contribution in [2.45, 2.75) is 32.1 Å². The van der Waals surface area contributed by atoms with Crippen LogP contribution in [0.15, 0.2) is 40.5 Å². The van der Waals surface area contributed by atoms with Crippen molar-refractivity contribution in [3.63, 3.8) is 0 Å². The molecule has 0 saturated heterocycles. The Labute approximate surface area is 127 Å². The van der Waals surface area contributed by atoms with Crippen LogP contribution in [0.4, 0.5) is 4.39 Å². The summed E-state index contributed by atoms with van der Waals surface area (Å²) in [6.45, 7) is 5.79. The molecule has 1 atom stereocenters. The van der Waals surface area contributed by atoms with Crippen LogP contribution < -0.4 is 5.32 Å². The van der Waals surface area contributed by atoms with Crippen LogP contribution in [0.1, 0.15) is 32.4 Å². The molecular formula is C15H17FN2O2S. The molecule has 6 heteroatoms. The van der Waals surface area contributed by atoms with Gasteiger partial charge in [0.05, 0.1) is 5.57 Å². The van der Waals surface area contributed by atoms with Crippen LogP contribution in [-0.4, -0.2) is 21.5 Å². The topological polar surface area (TPSA) is 61.7 Å². The van der Waals surface area contributed by atoms with Crippen LogP contribution in [0.5, 0.6) is 0 Å². The maximum absolute atomic E-state index is 13.1. The number of rotatable bonds is 3. The second-order valence-electron chi connectivity index (χ2n) is 5.02. The zero-order valence-electron chi connectivity index (χ0n) is 12.1. The first-order valence-corrected chi connectivity index (χ1v) is 7.47. The van der Waals surface area contributed by atoms with Crippen LogP contribution in [0.25, 0.3) is 0 Å². The quantitative estimate of drug-likeness (QED) is 0.899. The van der Waals surface area contributed by atoms with Gasteiger partial charge in [-0.25, -0.2) is 14.2 Å². The summed E-state index contributed by atoms with van der Waals surface area (Å²) < 4.78 is 13.1. The van der Waals surface area contributed by atoms with Gasteiger partial charge in [0.1, 0.15) is 11.9 Å². The molecule has 112 valence electrons. The van der Waals surface area contributed by atoms with Crippen molar-refractivity contribution in [3.8, 4) is 0 Å². The van der Waals surface area contributed by atoms with Gasteiger partial charge in [0, 0.05) is 10.9 Å². The summed E-state index contributed by atoms with van der Waals surface area (Å²) in [5.74, 6) is -1.38. The molecule has 21 heavy (non-hydrogen) atoms. The molecule has 0 spiro atoms. The molecule has 1 aliphatic rings. The normalized spacial score (nSPS) is 18.5. The summed E-state index contributed by atoms with van der Waals surface area (Å²) in [6.07, 6.45) is 0. The number of carboxylic acid groups (broad SMARTS) is 1. The molecule has 0 aliphatic carbocycles. The average molecular weight is 308 g/mol. The van der Waals surface area contributed by atoms with Crippen LogP contribution in [0, 0.1) is 5.82 Å². The molecular weight excluding hydrogens is 291 g/mol. The third kappa shape index (κ3) is 3.64. The van der Waals surface area contributed by atoms with E-state index in [9.17, 15) is 14.3 Å². The highest BCUT2D eigenvalue weighted by molar-refractivity contribution is 8.14. The Balaban J connectivity index is 2.43. The Kier molecular flexibility index (Phi) is 4.67. The van der Waals surface area contributed by atoms with Gasteiger partial charge in [-0.3, -0.25) is 0 Å². The zero-order chi connectivity index (χ0) is 15.6. The van der Waals surface area contributed by atoms with Gasteiger partial charge in [0.2, 0.25) is 0 Å². The molecule has 1 heterocycles. The first-order valence-electron chi connectivity index (χ1n) is 6.59. The van der Waals surface area contributed by atoms with E-state index in [2.05, 4.69) is 10.3 Å². The summed E-state index contributed by atoms with van der Waals surface area (Å²) in [7, 11) is 0. The summed E-state index contributed by atoms with van der Waals surface area (Å²) in [5.41, 5.74) is 1.42. The number of benzene rings is 1. The number of nitrogens with one attached hydrogen (secondary N) is 1. The van der Waals surface area contributed by atoms with E-state index in [1.54, 1.807) is 19.1 Å². The molecule has 0 amide bonds. The van der Waals surface area contributed by atoms with E-state index < -0.39 is 12.0 Å². The van der Waals surface area contributed by atoms with Gasteiger partial charge in [-0.05, 0) is 24.6 Å². The molecule has 0 saturated carbocycles. The predicted molar refractivity (Wildman–Crippen MR) is 82.8 cm³/mol. The maximum Gasteiger partial charge on any atom is 0.335 e. The van der Waals surface area contributed by atoms with Gasteiger partial charge in [0.15, 0.2) is 5.17 Å². The average Bonchev–Trinajstić information content (AvgIpc) is 2.37. The van der Waals surface area contributed by atoms with E-state index in [1.807, 2.05) is 13.8 Å². The third-order valence-electron chi connectivity index (χ3n) is 2.98. The molecule has 1 aromatic rings. The fraction of sp³-hybridized carbons (Fsp3) is 0.333. The SMILES string of the molecule is CC1=C(C(=O)O)C(c2ccc(F)cc2)N=C(SC(C)C)N1. The number of nitrogens with zero attached hydrogens (tertiary/aromatic N) is 1. The number of carboxylic acids is 1. The summed E-state index contributed by atoms with van der Waals surface area (Å²) >= 11 is 1.53. The number of hydrogen-bond donors (Lipinski definition) is 2. The lowest BCUT2D eigenvalue weighted by atomic mass is 9.97. The number of carbonyl (C=O) groups is 1. The zero-order valence-corrected chi connectivity index (χ0v) is 12.9. The first kappa shape index (κ1) is 15.6. The van der Waals surface area contributed by atoms with E-state index in [0.29, 0.717) is 21.7 Å². The smallest absolute Gasteiger partial charge is 0.335 e. The van der Waals surface area contributed by atoms with Crippen molar-refractivity contribution >= 4 is 22.9 Å². The number of amidine groups is 1. The molecule has 0 bridgehead atoms. The van der Waals surface area contributed by atoms with Crippen molar-refractivity contribution in [3.05, 3.63) is 46.9 Å². The third-order valence-corrected chi connectivity index (χ3v) is 3.88. The van der Waals surface area contributed by atoms with E-state index in [4.69, 9.17) is 0 Å². The summed E-state index contributed by atoms with van der Waals surface area (Å²) in [6, 6.07) is 5.16. The van der Waals surface area contributed by atoms with Gasteiger partial charge >= 0.3 is 5.97 Å². The number of allylic oxidation sites excluding steroid dienone is 1. The maximum atomic E-state index is 13.1. The van der Waals surface area contributed by atoms with Crippen LogP contribution in [-0.2, 0) is 4.79 Å². The number of halogens is 1. The Morgan fingerprint density at radius 3 is 2.52 bits per heavy atom. The van der Waals surface area contributed by atoms with E-state index in [-0.39, 0.29) is 11.4 Å². The second-order valence-corrected chi connectivity index (χ2v) is 6.59. The molecule has 0 aromatic heterocycles. The van der Waals surface area contributed by atoms with Crippen molar-refractivity contribution in [2.24, 2.45) is 4.99 Å². The summed E-state index contributed by atoms with van der Waals surface area (Å²) in [5, 5.41) is 13.4. The van der Waals surface area contributed by atoms with Crippen LogP contribution in [0.2, 0.25) is 0 Å². The fourth-order valence-corrected chi connectivity index (χ4v) is 2.92. The molecule has 1 unspecified atom stereocenters. The highest BCUT2D eigenvalue weighted by Gasteiger charge is 2.29. The van der Waals surface area contributed by atoms with Crippen LogP contribution in [0.3, 0.4) is 0 Å². The first-order chi connectivity index (χ1) is 9.88. The Bertz CT molecular complexity index is 609. The van der Waals surface area contributed by atoms with Gasteiger partial charge in [0.25, 0.3) is 0 Å². The number of thioether (sulfide) groups is 1. The molecule has 0 fully saturated rings. The van der Waals surface area contributed by atoms with Gasteiger partial charge in [-0.1, -0.05) is 37.7 Å². The minimum absolute atomic E-state index is 0.190. The molecule has 1 aliphatic heterocycles. The summed E-state index contributed by atoms with van der Waals surface area (Å²) in [4.78, 5) is 16.0. The van der Waals surface area contributed by atoms with E-state index in [0.717, 1.165) is 0 Å². The molecule has 4 nitrogen and oxygen atoms in total. The standard InChI is InChI=1S/C15H17FN2O2S/c1-8(2)21-15-17-9(3)12(14(19)20)13(18-15)10-4-6-11(16)7-5-10/h4-8,13H,1-3H3,(H,17,18)(H,19,20). The minimum atomic E-state index is -1.02. The molecule has 2 rings (SSSR count). The van der Waals surface area contributed by atoms with Crippen molar-refractivity contribution < 1.29 is 14.3 Å². The lowest BCUT2D eigenvalue weighted by molar-refractivity contribution is -0.133. The van der Waals surface area contributed by atoms with E-state index >= 15 is 0 Å². The van der Waals surface area contributed by atoms with Crippen molar-refractivity contribution in [1.29, 1.82) is 0 Å². The largest absolute Gasteiger partial charge is 0.478 e. The molecule has 1 aromatic carbocycles. The lowest BCUT2D eigenvalue weighted by Gasteiger charge is -2.25. The Hall–Kier alpha value is -1.82. The highest BCUT2D eigenvalue weighted by atomic mass is 32.2. The van der Waals surface area contributed by atoms with Crippen molar-refractivity contribution in [2.75, 3.05) is 0 Å². The molecule has 2 N–H and O–H groups in total. The number of aliphatic carboxylic acids is 1. The lowest BCUT2D eigenvalue weighted by Crippen LogP contribution is -2.30. The monoisotopic (exact) mass is 308 g/mol. The highest BCUT2D eigenvalue weighted by Crippen LogP contribution is 2.32. The minimum Gasteiger partial charge on any atom is -0.478 e.